The van der Waals surface area contributed by atoms with E-state index >= 15 is 0 Å². The minimum Gasteiger partial charge on any atom is -0.390 e. The lowest BCUT2D eigenvalue weighted by molar-refractivity contribution is 0.0137. The Balaban J connectivity index is 2.23. The molecule has 90 valence electrons. The molecule has 1 N–H and O–H groups in total. The molecular weight excluding hydrogens is 204 g/mol. The molecule has 0 aliphatic carbocycles. The van der Waals surface area contributed by atoms with Gasteiger partial charge in [-0.15, -0.1) is 0 Å². The molecule has 0 aliphatic heterocycles. The zero-order valence-electron chi connectivity index (χ0n) is 9.98. The fourth-order valence-electron chi connectivity index (χ4n) is 1.42. The Morgan fingerprint density at radius 3 is 2.50 bits per heavy atom. The third-order valence-electron chi connectivity index (χ3n) is 2.33. The van der Waals surface area contributed by atoms with Gasteiger partial charge in [-0.1, -0.05) is 29.8 Å². The number of hydrogen-bond acceptors (Lipinski definition) is 3. The van der Waals surface area contributed by atoms with E-state index < -0.39 is 6.10 Å². The molecule has 1 atom stereocenters. The molecule has 1 aromatic carbocycles. The van der Waals surface area contributed by atoms with Crippen LogP contribution in [-0.2, 0) is 15.9 Å². The van der Waals surface area contributed by atoms with Gasteiger partial charge in [0.15, 0.2) is 0 Å². The van der Waals surface area contributed by atoms with Gasteiger partial charge in [0.25, 0.3) is 0 Å². The van der Waals surface area contributed by atoms with Crippen LogP contribution in [0.15, 0.2) is 24.3 Å². The van der Waals surface area contributed by atoms with Crippen LogP contribution in [0.5, 0.6) is 0 Å². The zero-order valence-corrected chi connectivity index (χ0v) is 9.98. The summed E-state index contributed by atoms with van der Waals surface area (Å²) in [6.45, 7) is 3.50. The lowest BCUT2D eigenvalue weighted by Gasteiger charge is -2.11. The summed E-state index contributed by atoms with van der Waals surface area (Å²) >= 11 is 0. The van der Waals surface area contributed by atoms with E-state index in [-0.39, 0.29) is 0 Å². The summed E-state index contributed by atoms with van der Waals surface area (Å²) < 4.78 is 10.1. The maximum Gasteiger partial charge on any atom is 0.0813 e. The van der Waals surface area contributed by atoms with Gasteiger partial charge in [0, 0.05) is 13.5 Å². The summed E-state index contributed by atoms with van der Waals surface area (Å²) in [5.41, 5.74) is 2.36. The predicted molar refractivity (Wildman–Crippen MR) is 63.6 cm³/mol. The van der Waals surface area contributed by atoms with Crippen molar-refractivity contribution in [1.82, 2.24) is 0 Å². The molecule has 0 spiro atoms. The highest BCUT2D eigenvalue weighted by atomic mass is 16.5. The van der Waals surface area contributed by atoms with E-state index in [1.54, 1.807) is 7.11 Å². The summed E-state index contributed by atoms with van der Waals surface area (Å²) in [6, 6.07) is 8.17. The van der Waals surface area contributed by atoms with E-state index in [0.717, 1.165) is 5.56 Å². The highest BCUT2D eigenvalue weighted by Gasteiger charge is 2.05. The molecular formula is C13H20O3. The molecule has 1 aromatic rings. The lowest BCUT2D eigenvalue weighted by Crippen LogP contribution is -2.19. The topological polar surface area (TPSA) is 38.7 Å². The van der Waals surface area contributed by atoms with Crippen molar-refractivity contribution in [2.24, 2.45) is 0 Å². The zero-order chi connectivity index (χ0) is 11.8. The van der Waals surface area contributed by atoms with E-state index in [1.807, 2.05) is 31.2 Å². The SMILES string of the molecule is COCCOCC(O)Cc1ccc(C)cc1. The van der Waals surface area contributed by atoms with Crippen molar-refractivity contribution in [2.75, 3.05) is 26.9 Å². The first-order chi connectivity index (χ1) is 7.72. The molecule has 0 bridgehead atoms. The number of aliphatic hydroxyl groups excluding tert-OH is 1. The van der Waals surface area contributed by atoms with Crippen molar-refractivity contribution in [1.29, 1.82) is 0 Å². The molecule has 0 heterocycles. The minimum atomic E-state index is -0.445. The lowest BCUT2D eigenvalue weighted by atomic mass is 10.1. The summed E-state index contributed by atoms with van der Waals surface area (Å²) in [7, 11) is 1.63. The average Bonchev–Trinajstić information content (AvgIpc) is 2.28. The van der Waals surface area contributed by atoms with E-state index in [2.05, 4.69) is 0 Å². The Hall–Kier alpha value is -0.900. The third kappa shape index (κ3) is 5.26. The molecule has 3 heteroatoms. The van der Waals surface area contributed by atoms with Crippen LogP contribution >= 0.6 is 0 Å². The fourth-order valence-corrected chi connectivity index (χ4v) is 1.42. The maximum absolute atomic E-state index is 9.71. The van der Waals surface area contributed by atoms with Crippen LogP contribution in [0.3, 0.4) is 0 Å². The monoisotopic (exact) mass is 224 g/mol. The largest absolute Gasteiger partial charge is 0.390 e. The highest BCUT2D eigenvalue weighted by molar-refractivity contribution is 5.21. The van der Waals surface area contributed by atoms with Crippen molar-refractivity contribution in [3.63, 3.8) is 0 Å². The predicted octanol–water partition coefficient (Wildman–Crippen LogP) is 1.56. The van der Waals surface area contributed by atoms with Crippen LogP contribution in [0.25, 0.3) is 0 Å². The Morgan fingerprint density at radius 2 is 1.88 bits per heavy atom. The Kier molecular flexibility index (Phi) is 6.08. The van der Waals surface area contributed by atoms with Crippen LogP contribution < -0.4 is 0 Å². The van der Waals surface area contributed by atoms with Gasteiger partial charge in [0.1, 0.15) is 0 Å². The molecule has 3 nitrogen and oxygen atoms in total. The Morgan fingerprint density at radius 1 is 1.19 bits per heavy atom. The summed E-state index contributed by atoms with van der Waals surface area (Å²) in [5.74, 6) is 0. The van der Waals surface area contributed by atoms with Crippen LogP contribution in [0, 0.1) is 6.92 Å². The second-order valence-electron chi connectivity index (χ2n) is 3.91. The number of hydrogen-bond donors (Lipinski definition) is 1. The van der Waals surface area contributed by atoms with E-state index in [9.17, 15) is 5.11 Å². The molecule has 1 unspecified atom stereocenters. The van der Waals surface area contributed by atoms with Crippen LogP contribution in [-0.4, -0.2) is 38.1 Å². The first-order valence-electron chi connectivity index (χ1n) is 5.52. The number of rotatable bonds is 7. The number of benzene rings is 1. The maximum atomic E-state index is 9.71. The molecule has 0 saturated heterocycles. The van der Waals surface area contributed by atoms with Crippen molar-refractivity contribution in [2.45, 2.75) is 19.4 Å². The highest BCUT2D eigenvalue weighted by Crippen LogP contribution is 2.06. The van der Waals surface area contributed by atoms with E-state index in [0.29, 0.717) is 26.2 Å². The fraction of sp³-hybridized carbons (Fsp3) is 0.538. The van der Waals surface area contributed by atoms with Crippen molar-refractivity contribution in [3.05, 3.63) is 35.4 Å². The summed E-state index contributed by atoms with van der Waals surface area (Å²) in [6.07, 6.45) is 0.187. The second kappa shape index (κ2) is 7.39. The van der Waals surface area contributed by atoms with Gasteiger partial charge in [-0.25, -0.2) is 0 Å². The first kappa shape index (κ1) is 13.2. The number of aryl methyl sites for hydroxylation is 1. The smallest absolute Gasteiger partial charge is 0.0813 e. The molecule has 0 fully saturated rings. The quantitative estimate of drug-likeness (QED) is 0.714. The van der Waals surface area contributed by atoms with Crippen molar-refractivity contribution >= 4 is 0 Å². The molecule has 0 amide bonds. The summed E-state index contributed by atoms with van der Waals surface area (Å²) in [4.78, 5) is 0. The average molecular weight is 224 g/mol. The second-order valence-corrected chi connectivity index (χ2v) is 3.91. The van der Waals surface area contributed by atoms with Gasteiger partial charge in [-0.05, 0) is 12.5 Å². The van der Waals surface area contributed by atoms with E-state index in [4.69, 9.17) is 9.47 Å². The van der Waals surface area contributed by atoms with Crippen LogP contribution in [0.4, 0.5) is 0 Å². The molecule has 0 aliphatic rings. The first-order valence-corrected chi connectivity index (χ1v) is 5.52. The normalized spacial score (nSPS) is 12.7. The van der Waals surface area contributed by atoms with Crippen molar-refractivity contribution < 1.29 is 14.6 Å². The third-order valence-corrected chi connectivity index (χ3v) is 2.33. The van der Waals surface area contributed by atoms with Crippen molar-refractivity contribution in [3.8, 4) is 0 Å². The Bertz CT molecular complexity index is 282. The number of aliphatic hydroxyl groups is 1. The summed E-state index contributed by atoms with van der Waals surface area (Å²) in [5, 5.41) is 9.71. The molecule has 0 aromatic heterocycles. The molecule has 0 saturated carbocycles. The van der Waals surface area contributed by atoms with Crippen LogP contribution in [0.1, 0.15) is 11.1 Å². The van der Waals surface area contributed by atoms with Gasteiger partial charge < -0.3 is 14.6 Å². The van der Waals surface area contributed by atoms with Gasteiger partial charge in [-0.3, -0.25) is 0 Å². The molecule has 1 rings (SSSR count). The minimum absolute atomic E-state index is 0.358. The Labute approximate surface area is 97.0 Å². The number of ether oxygens (including phenoxy) is 2. The number of methoxy groups -OCH3 is 1. The molecule has 0 radical (unpaired) electrons. The van der Waals surface area contributed by atoms with E-state index in [1.165, 1.54) is 5.56 Å². The van der Waals surface area contributed by atoms with Gasteiger partial charge in [0.05, 0.1) is 25.9 Å². The standard InChI is InChI=1S/C13H20O3/c1-11-3-5-12(6-4-11)9-13(14)10-16-8-7-15-2/h3-6,13-14H,7-10H2,1-2H3. The molecule has 16 heavy (non-hydrogen) atoms. The van der Waals surface area contributed by atoms with Crippen LogP contribution in [0.2, 0.25) is 0 Å². The van der Waals surface area contributed by atoms with Gasteiger partial charge in [0.2, 0.25) is 0 Å². The van der Waals surface area contributed by atoms with Gasteiger partial charge in [-0.2, -0.15) is 0 Å². The van der Waals surface area contributed by atoms with Gasteiger partial charge >= 0.3 is 0 Å².